The van der Waals surface area contributed by atoms with E-state index in [1.807, 2.05) is 0 Å². The SMILES string of the molecule is CN(CC(=O)O)S(=O)(=O)CC(C)(C)C. The highest BCUT2D eigenvalue weighted by Gasteiger charge is 2.26. The van der Waals surface area contributed by atoms with Gasteiger partial charge in [-0.1, -0.05) is 20.8 Å². The molecule has 0 rings (SSSR count). The molecule has 0 saturated heterocycles. The smallest absolute Gasteiger partial charge is 0.318 e. The van der Waals surface area contributed by atoms with Crippen LogP contribution in [-0.2, 0) is 14.8 Å². The first kappa shape index (κ1) is 13.4. The van der Waals surface area contributed by atoms with E-state index in [1.165, 1.54) is 7.05 Å². The average molecular weight is 223 g/mol. The molecule has 0 heterocycles. The van der Waals surface area contributed by atoms with Crippen LogP contribution in [0.15, 0.2) is 0 Å². The van der Waals surface area contributed by atoms with E-state index in [-0.39, 0.29) is 11.2 Å². The van der Waals surface area contributed by atoms with Crippen LogP contribution in [0, 0.1) is 5.41 Å². The van der Waals surface area contributed by atoms with Gasteiger partial charge in [-0.2, -0.15) is 4.31 Å². The molecule has 0 aliphatic heterocycles. The van der Waals surface area contributed by atoms with Crippen molar-refractivity contribution in [1.82, 2.24) is 4.31 Å². The summed E-state index contributed by atoms with van der Waals surface area (Å²) in [4.78, 5) is 10.3. The molecular weight excluding hydrogens is 206 g/mol. The molecule has 14 heavy (non-hydrogen) atoms. The zero-order chi connectivity index (χ0) is 11.6. The molecule has 0 aromatic carbocycles. The lowest BCUT2D eigenvalue weighted by Crippen LogP contribution is -2.37. The summed E-state index contributed by atoms with van der Waals surface area (Å²) >= 11 is 0. The molecule has 0 aliphatic rings. The molecule has 0 saturated carbocycles. The second-order valence-corrected chi connectivity index (χ2v) is 6.54. The minimum Gasteiger partial charge on any atom is -0.480 e. The largest absolute Gasteiger partial charge is 0.480 e. The van der Waals surface area contributed by atoms with E-state index in [0.717, 1.165) is 4.31 Å². The van der Waals surface area contributed by atoms with E-state index in [1.54, 1.807) is 20.8 Å². The molecule has 5 nitrogen and oxygen atoms in total. The van der Waals surface area contributed by atoms with Gasteiger partial charge in [0.2, 0.25) is 10.0 Å². The van der Waals surface area contributed by atoms with Crippen molar-refractivity contribution in [3.8, 4) is 0 Å². The van der Waals surface area contributed by atoms with Crippen molar-refractivity contribution in [3.05, 3.63) is 0 Å². The molecule has 0 radical (unpaired) electrons. The summed E-state index contributed by atoms with van der Waals surface area (Å²) in [5.41, 5.74) is -0.369. The molecule has 84 valence electrons. The molecule has 6 heteroatoms. The van der Waals surface area contributed by atoms with Crippen LogP contribution in [0.4, 0.5) is 0 Å². The van der Waals surface area contributed by atoms with E-state index < -0.39 is 22.5 Å². The molecular formula is C8H17NO4S. The maximum Gasteiger partial charge on any atom is 0.318 e. The summed E-state index contributed by atoms with van der Waals surface area (Å²) in [6, 6.07) is 0. The number of nitrogens with zero attached hydrogens (tertiary/aromatic N) is 1. The van der Waals surface area contributed by atoms with Crippen molar-refractivity contribution in [3.63, 3.8) is 0 Å². The van der Waals surface area contributed by atoms with Crippen molar-refractivity contribution in [1.29, 1.82) is 0 Å². The molecule has 0 aliphatic carbocycles. The van der Waals surface area contributed by atoms with Gasteiger partial charge < -0.3 is 5.11 Å². The Morgan fingerprint density at radius 2 is 1.79 bits per heavy atom. The number of hydrogen-bond acceptors (Lipinski definition) is 3. The van der Waals surface area contributed by atoms with E-state index in [4.69, 9.17) is 5.11 Å². The van der Waals surface area contributed by atoms with Crippen molar-refractivity contribution < 1.29 is 18.3 Å². The van der Waals surface area contributed by atoms with Gasteiger partial charge in [0.05, 0.1) is 5.75 Å². The maximum atomic E-state index is 11.5. The number of carboxylic acid groups (broad SMARTS) is 1. The van der Waals surface area contributed by atoms with Crippen LogP contribution < -0.4 is 0 Å². The average Bonchev–Trinajstić information content (AvgIpc) is 1.78. The molecule has 1 N–H and O–H groups in total. The van der Waals surface area contributed by atoms with Crippen LogP contribution in [-0.4, -0.2) is 43.1 Å². The monoisotopic (exact) mass is 223 g/mol. The summed E-state index contributed by atoms with van der Waals surface area (Å²) in [5.74, 6) is -1.20. The third-order valence-electron chi connectivity index (χ3n) is 1.45. The quantitative estimate of drug-likeness (QED) is 0.747. The molecule has 0 atom stereocenters. The summed E-state index contributed by atoms with van der Waals surface area (Å²) in [6.45, 7) is 4.88. The highest BCUT2D eigenvalue weighted by molar-refractivity contribution is 7.89. The summed E-state index contributed by atoms with van der Waals surface area (Å²) < 4.78 is 24.0. The van der Waals surface area contributed by atoms with Gasteiger partial charge in [0.1, 0.15) is 6.54 Å². The lowest BCUT2D eigenvalue weighted by atomic mass is 10.0. The molecule has 0 unspecified atom stereocenters. The van der Waals surface area contributed by atoms with Crippen molar-refractivity contribution in [2.24, 2.45) is 5.41 Å². The van der Waals surface area contributed by atoms with Gasteiger partial charge in [-0.05, 0) is 5.41 Å². The number of sulfonamides is 1. The Kier molecular flexibility index (Phi) is 4.08. The van der Waals surface area contributed by atoms with Crippen LogP contribution in [0.3, 0.4) is 0 Å². The number of carbonyl (C=O) groups is 1. The third kappa shape index (κ3) is 5.18. The van der Waals surface area contributed by atoms with E-state index in [0.29, 0.717) is 0 Å². The maximum absolute atomic E-state index is 11.5. The second kappa shape index (κ2) is 4.27. The number of rotatable bonds is 4. The minimum atomic E-state index is -3.46. The Labute approximate surface area is 84.8 Å². The number of aliphatic carboxylic acids is 1. The Balaban J connectivity index is 4.56. The van der Waals surface area contributed by atoms with Crippen molar-refractivity contribution >= 4 is 16.0 Å². The predicted octanol–water partition coefficient (Wildman–Crippen LogP) is 0.379. The normalized spacial score (nSPS) is 13.2. The first-order chi connectivity index (χ1) is 6.04. The number of hydrogen-bond donors (Lipinski definition) is 1. The third-order valence-corrected chi connectivity index (χ3v) is 3.76. The second-order valence-electron chi connectivity index (χ2n) is 4.47. The van der Waals surface area contributed by atoms with Crippen LogP contribution in [0.5, 0.6) is 0 Å². The first-order valence-corrected chi connectivity index (χ1v) is 5.81. The Morgan fingerprint density at radius 1 is 1.36 bits per heavy atom. The van der Waals surface area contributed by atoms with Gasteiger partial charge in [-0.3, -0.25) is 4.79 Å². The lowest BCUT2D eigenvalue weighted by molar-refractivity contribution is -0.137. The standard InChI is InChI=1S/C8H17NO4S/c1-8(2,3)6-14(12,13)9(4)5-7(10)11/h5-6H2,1-4H3,(H,10,11). The first-order valence-electron chi connectivity index (χ1n) is 4.20. The molecule has 0 aromatic rings. The lowest BCUT2D eigenvalue weighted by Gasteiger charge is -2.22. The fraction of sp³-hybridized carbons (Fsp3) is 0.875. The zero-order valence-corrected chi connectivity index (χ0v) is 9.76. The van der Waals surface area contributed by atoms with Crippen molar-refractivity contribution in [2.75, 3.05) is 19.3 Å². The Bertz CT molecular complexity index is 302. The van der Waals surface area contributed by atoms with Gasteiger partial charge in [-0.15, -0.1) is 0 Å². The van der Waals surface area contributed by atoms with Crippen LogP contribution in [0.25, 0.3) is 0 Å². The van der Waals surface area contributed by atoms with Crippen molar-refractivity contribution in [2.45, 2.75) is 20.8 Å². The fourth-order valence-corrected chi connectivity index (χ4v) is 2.57. The highest BCUT2D eigenvalue weighted by atomic mass is 32.2. The number of carboxylic acids is 1. The topological polar surface area (TPSA) is 74.7 Å². The van der Waals surface area contributed by atoms with Crippen LogP contribution >= 0.6 is 0 Å². The molecule has 0 fully saturated rings. The van der Waals surface area contributed by atoms with Gasteiger partial charge in [0, 0.05) is 7.05 Å². The molecule has 0 bridgehead atoms. The zero-order valence-electron chi connectivity index (χ0n) is 8.94. The number of likely N-dealkylation sites (N-methyl/N-ethyl adjacent to an activating group) is 1. The fourth-order valence-electron chi connectivity index (χ4n) is 0.946. The molecule has 0 aromatic heterocycles. The van der Waals surface area contributed by atoms with Gasteiger partial charge in [0.25, 0.3) is 0 Å². The predicted molar refractivity (Wildman–Crippen MR) is 53.5 cm³/mol. The summed E-state index contributed by atoms with van der Waals surface area (Å²) in [5, 5.41) is 8.44. The summed E-state index contributed by atoms with van der Waals surface area (Å²) in [7, 11) is -2.19. The summed E-state index contributed by atoms with van der Waals surface area (Å²) in [6.07, 6.45) is 0. The van der Waals surface area contributed by atoms with E-state index in [9.17, 15) is 13.2 Å². The van der Waals surface area contributed by atoms with Gasteiger partial charge in [0.15, 0.2) is 0 Å². The van der Waals surface area contributed by atoms with Crippen LogP contribution in [0.2, 0.25) is 0 Å². The molecule has 0 spiro atoms. The van der Waals surface area contributed by atoms with E-state index in [2.05, 4.69) is 0 Å². The Morgan fingerprint density at radius 3 is 2.07 bits per heavy atom. The highest BCUT2D eigenvalue weighted by Crippen LogP contribution is 2.17. The van der Waals surface area contributed by atoms with Gasteiger partial charge >= 0.3 is 5.97 Å². The van der Waals surface area contributed by atoms with E-state index >= 15 is 0 Å². The molecule has 0 amide bonds. The van der Waals surface area contributed by atoms with Crippen LogP contribution in [0.1, 0.15) is 20.8 Å². The minimum absolute atomic E-state index is 0.0518. The Hall–Kier alpha value is -0.620. The van der Waals surface area contributed by atoms with Gasteiger partial charge in [-0.25, -0.2) is 8.42 Å².